The van der Waals surface area contributed by atoms with Crippen molar-refractivity contribution in [1.29, 1.82) is 0 Å². The minimum atomic E-state index is -4.19. The molecule has 3 rings (SSSR count). The van der Waals surface area contributed by atoms with E-state index in [9.17, 15) is 33.5 Å². The van der Waals surface area contributed by atoms with Crippen molar-refractivity contribution < 1.29 is 28.3 Å². The van der Waals surface area contributed by atoms with Crippen LogP contribution in [-0.2, 0) is 29.4 Å². The normalized spacial score (nSPS) is 13.1. The minimum Gasteiger partial charge on any atom is -0.465 e. The summed E-state index contributed by atoms with van der Waals surface area (Å²) < 4.78 is 29.1. The van der Waals surface area contributed by atoms with Crippen molar-refractivity contribution in [3.63, 3.8) is 0 Å². The fraction of sp³-hybridized carbons (Fsp3) is 0.345. The number of amides is 1. The highest BCUT2D eigenvalue weighted by Crippen LogP contribution is 2.25. The van der Waals surface area contributed by atoms with Gasteiger partial charge in [-0.25, -0.2) is 17.9 Å². The average molecular weight is 570 g/mol. The molecule has 214 valence electrons. The molecule has 0 aliphatic carbocycles. The van der Waals surface area contributed by atoms with E-state index in [1.807, 2.05) is 38.1 Å². The van der Waals surface area contributed by atoms with Crippen LogP contribution in [0.2, 0.25) is 0 Å². The number of sulfonamides is 1. The maximum Gasteiger partial charge on any atom is 0.407 e. The third kappa shape index (κ3) is 8.60. The zero-order valence-electron chi connectivity index (χ0n) is 22.5. The topological polar surface area (TPSA) is 150 Å². The molecule has 0 radical (unpaired) electrons. The van der Waals surface area contributed by atoms with Crippen LogP contribution < -0.4 is 4.72 Å². The Bertz CT molecular complexity index is 1380. The van der Waals surface area contributed by atoms with Crippen molar-refractivity contribution >= 4 is 21.8 Å². The van der Waals surface area contributed by atoms with Crippen LogP contribution in [0, 0.1) is 16.0 Å². The van der Waals surface area contributed by atoms with Crippen LogP contribution in [0.3, 0.4) is 0 Å². The van der Waals surface area contributed by atoms with Gasteiger partial charge in [0.1, 0.15) is 0 Å². The van der Waals surface area contributed by atoms with Gasteiger partial charge in [-0.2, -0.15) is 0 Å². The maximum atomic E-state index is 13.3. The molecular weight excluding hydrogens is 534 g/mol. The largest absolute Gasteiger partial charge is 0.465 e. The summed E-state index contributed by atoms with van der Waals surface area (Å²) >= 11 is 0. The molecule has 0 aliphatic heterocycles. The Labute approximate surface area is 234 Å². The predicted octanol–water partition coefficient (Wildman–Crippen LogP) is 4.61. The van der Waals surface area contributed by atoms with Gasteiger partial charge in [-0.05, 0) is 47.9 Å². The lowest BCUT2D eigenvalue weighted by atomic mass is 9.99. The van der Waals surface area contributed by atoms with Gasteiger partial charge in [-0.15, -0.1) is 0 Å². The highest BCUT2D eigenvalue weighted by atomic mass is 32.2. The molecule has 0 heterocycles. The lowest BCUT2D eigenvalue weighted by molar-refractivity contribution is -0.385. The summed E-state index contributed by atoms with van der Waals surface area (Å²) in [6.45, 7) is 3.48. The van der Waals surface area contributed by atoms with Crippen molar-refractivity contribution in [3.05, 3.63) is 106 Å². The van der Waals surface area contributed by atoms with Crippen molar-refractivity contribution in [3.8, 4) is 0 Å². The Morgan fingerprint density at radius 2 is 1.60 bits per heavy atom. The number of nitrogens with zero attached hydrogens (tertiary/aromatic N) is 2. The minimum absolute atomic E-state index is 0.000807. The summed E-state index contributed by atoms with van der Waals surface area (Å²) in [5, 5.41) is 32.6. The number of carboxylic acid groups (broad SMARTS) is 1. The summed E-state index contributed by atoms with van der Waals surface area (Å²) in [4.78, 5) is 24.1. The maximum absolute atomic E-state index is 13.3. The standard InChI is InChI=1S/C29H35N3O7S/c1-21(2)13-14-24-18-25(32(36)37)15-16-28(24)40(38,39)30-19-27(33)26(17-22-9-5-3-6-10-22)31(29(34)35)20-23-11-7-4-8-12-23/h3-12,15-16,18,21,26-27,30,33H,13-14,17,19-20H2,1-2H3,(H,34,35)/t26-,27+/m0/s1. The lowest BCUT2D eigenvalue weighted by Gasteiger charge is -2.33. The quantitative estimate of drug-likeness (QED) is 0.189. The van der Waals surface area contributed by atoms with Crippen LogP contribution in [0.15, 0.2) is 83.8 Å². The second kappa shape index (κ2) is 14.0. The Hall–Kier alpha value is -3.80. The van der Waals surface area contributed by atoms with E-state index >= 15 is 0 Å². The number of aliphatic hydroxyl groups is 1. The molecule has 0 aliphatic rings. The summed E-state index contributed by atoms with van der Waals surface area (Å²) in [6, 6.07) is 20.6. The molecule has 0 aromatic heterocycles. The summed E-state index contributed by atoms with van der Waals surface area (Å²) in [6.07, 6.45) is -1.55. The molecule has 0 bridgehead atoms. The number of nitrogens with one attached hydrogen (secondary N) is 1. The van der Waals surface area contributed by atoms with Crippen LogP contribution in [0.1, 0.15) is 37.0 Å². The van der Waals surface area contributed by atoms with Gasteiger partial charge in [0, 0.05) is 25.2 Å². The van der Waals surface area contributed by atoms with Gasteiger partial charge in [0.2, 0.25) is 10.0 Å². The van der Waals surface area contributed by atoms with Gasteiger partial charge in [-0.1, -0.05) is 74.5 Å². The second-order valence-corrected chi connectivity index (χ2v) is 11.8. The molecule has 0 fully saturated rings. The number of benzene rings is 3. The number of nitro benzene ring substituents is 1. The molecule has 0 unspecified atom stereocenters. The van der Waals surface area contributed by atoms with Crippen molar-refractivity contribution in [2.45, 2.75) is 56.7 Å². The highest BCUT2D eigenvalue weighted by molar-refractivity contribution is 7.89. The van der Waals surface area contributed by atoms with E-state index in [2.05, 4.69) is 4.72 Å². The van der Waals surface area contributed by atoms with E-state index in [1.165, 1.54) is 12.1 Å². The lowest BCUT2D eigenvalue weighted by Crippen LogP contribution is -2.51. The molecule has 0 spiro atoms. The molecule has 2 atom stereocenters. The molecule has 3 aromatic carbocycles. The van der Waals surface area contributed by atoms with E-state index in [4.69, 9.17) is 0 Å². The van der Waals surface area contributed by atoms with Crippen molar-refractivity contribution in [1.82, 2.24) is 9.62 Å². The van der Waals surface area contributed by atoms with Crippen LogP contribution in [0.4, 0.5) is 10.5 Å². The first-order valence-corrected chi connectivity index (χ1v) is 14.5. The Balaban J connectivity index is 1.88. The number of hydrogen-bond acceptors (Lipinski definition) is 6. The number of non-ortho nitro benzene ring substituents is 1. The van der Waals surface area contributed by atoms with E-state index in [0.717, 1.165) is 22.1 Å². The van der Waals surface area contributed by atoms with Gasteiger partial charge in [0.05, 0.1) is 22.0 Å². The second-order valence-electron chi connectivity index (χ2n) is 10.1. The fourth-order valence-corrected chi connectivity index (χ4v) is 5.71. The third-order valence-corrected chi connectivity index (χ3v) is 8.12. The first-order chi connectivity index (χ1) is 19.0. The van der Waals surface area contributed by atoms with Gasteiger partial charge in [0.15, 0.2) is 0 Å². The van der Waals surface area contributed by atoms with Crippen molar-refractivity contribution in [2.24, 2.45) is 5.92 Å². The van der Waals surface area contributed by atoms with Crippen LogP contribution in [0.25, 0.3) is 0 Å². The molecule has 1 amide bonds. The number of nitro groups is 1. The number of rotatable bonds is 14. The van der Waals surface area contributed by atoms with Crippen LogP contribution in [0.5, 0.6) is 0 Å². The van der Waals surface area contributed by atoms with Gasteiger partial charge < -0.3 is 10.2 Å². The van der Waals surface area contributed by atoms with E-state index in [0.29, 0.717) is 18.4 Å². The van der Waals surface area contributed by atoms with Gasteiger partial charge >= 0.3 is 6.09 Å². The average Bonchev–Trinajstić information content (AvgIpc) is 2.93. The first kappa shape index (κ1) is 30.7. The molecule has 40 heavy (non-hydrogen) atoms. The molecule has 3 N–H and O–H groups in total. The highest BCUT2D eigenvalue weighted by Gasteiger charge is 2.32. The van der Waals surface area contributed by atoms with Crippen LogP contribution >= 0.6 is 0 Å². The van der Waals surface area contributed by atoms with Crippen molar-refractivity contribution in [2.75, 3.05) is 6.54 Å². The molecule has 3 aromatic rings. The third-order valence-electron chi connectivity index (χ3n) is 6.59. The monoisotopic (exact) mass is 569 g/mol. The SMILES string of the molecule is CC(C)CCc1cc([N+](=O)[O-])ccc1S(=O)(=O)NC[C@@H](O)[C@H](Cc1ccccc1)N(Cc1ccccc1)C(=O)O. The molecule has 0 saturated heterocycles. The van der Waals surface area contributed by atoms with Gasteiger partial charge in [-0.3, -0.25) is 15.0 Å². The molecular formula is C29H35N3O7S. The van der Waals surface area contributed by atoms with Crippen LogP contribution in [-0.4, -0.2) is 53.2 Å². The number of hydrogen-bond donors (Lipinski definition) is 3. The summed E-state index contributed by atoms with van der Waals surface area (Å²) in [7, 11) is -4.19. The Morgan fingerprint density at radius 3 is 2.15 bits per heavy atom. The summed E-state index contributed by atoms with van der Waals surface area (Å²) in [5.41, 5.74) is 1.59. The van der Waals surface area contributed by atoms with Gasteiger partial charge in [0.25, 0.3) is 5.69 Å². The van der Waals surface area contributed by atoms with E-state index in [1.54, 1.807) is 36.4 Å². The smallest absolute Gasteiger partial charge is 0.407 e. The number of carbonyl (C=O) groups is 1. The van der Waals surface area contributed by atoms with E-state index in [-0.39, 0.29) is 29.5 Å². The molecule has 0 saturated carbocycles. The number of aryl methyl sites for hydroxylation is 1. The Morgan fingerprint density at radius 1 is 1.00 bits per heavy atom. The Kier molecular flexibility index (Phi) is 10.8. The predicted molar refractivity (Wildman–Crippen MR) is 151 cm³/mol. The zero-order valence-corrected chi connectivity index (χ0v) is 23.3. The number of aliphatic hydroxyl groups excluding tert-OH is 1. The summed E-state index contributed by atoms with van der Waals surface area (Å²) in [5.74, 6) is 0.245. The zero-order chi connectivity index (χ0) is 29.3. The molecule has 11 heteroatoms. The van der Waals surface area contributed by atoms with E-state index < -0.39 is 39.7 Å². The first-order valence-electron chi connectivity index (χ1n) is 13.0. The molecule has 10 nitrogen and oxygen atoms in total. The fourth-order valence-electron chi connectivity index (χ4n) is 4.41.